The number of carbonyl (C=O) groups is 1. The molecule has 0 fully saturated rings. The third kappa shape index (κ3) is 6.43. The van der Waals surface area contributed by atoms with Gasteiger partial charge in [-0.3, -0.25) is 0 Å². The lowest BCUT2D eigenvalue weighted by atomic mass is 10.1. The van der Waals surface area contributed by atoms with Crippen molar-refractivity contribution in [3.05, 3.63) is 53.5 Å². The van der Waals surface area contributed by atoms with Crippen LogP contribution in [-0.2, 0) is 10.5 Å². The Bertz CT molecular complexity index is 702. The zero-order chi connectivity index (χ0) is 18.1. The van der Waals surface area contributed by atoms with Gasteiger partial charge in [0.2, 0.25) is 0 Å². The summed E-state index contributed by atoms with van der Waals surface area (Å²) in [5.74, 6) is 2.43. The molecule has 0 aliphatic rings. The van der Waals surface area contributed by atoms with Crippen molar-refractivity contribution in [2.24, 2.45) is 0 Å². The van der Waals surface area contributed by atoms with Crippen LogP contribution in [0.2, 0.25) is 0 Å². The topological polar surface area (TPSA) is 63.5 Å². The number of rotatable bonds is 8. The van der Waals surface area contributed by atoms with Gasteiger partial charge in [0, 0.05) is 18.0 Å². The summed E-state index contributed by atoms with van der Waals surface area (Å²) < 4.78 is 10.3. The van der Waals surface area contributed by atoms with Crippen LogP contribution in [0.4, 0.5) is 5.69 Å². The number of hydrogen-bond acceptors (Lipinski definition) is 5. The summed E-state index contributed by atoms with van der Waals surface area (Å²) in [4.78, 5) is 11.7. The predicted octanol–water partition coefficient (Wildman–Crippen LogP) is 3.98. The second-order valence-corrected chi connectivity index (χ2v) is 6.78. The van der Waals surface area contributed by atoms with E-state index in [0.717, 1.165) is 35.1 Å². The smallest absolute Gasteiger partial charge is 0.338 e. The Morgan fingerprint density at radius 2 is 2.20 bits per heavy atom. The van der Waals surface area contributed by atoms with Gasteiger partial charge in [0.05, 0.1) is 24.2 Å². The summed E-state index contributed by atoms with van der Waals surface area (Å²) in [5.41, 5.74) is 2.34. The van der Waals surface area contributed by atoms with E-state index < -0.39 is 0 Å². The Morgan fingerprint density at radius 3 is 2.88 bits per heavy atom. The van der Waals surface area contributed by atoms with Crippen molar-refractivity contribution >= 4 is 40.7 Å². The number of benzene rings is 1. The summed E-state index contributed by atoms with van der Waals surface area (Å²) in [6.07, 6.45) is 1.68. The molecule has 134 valence electrons. The maximum absolute atomic E-state index is 11.7. The summed E-state index contributed by atoms with van der Waals surface area (Å²) >= 11 is 7.09. The molecule has 0 aliphatic heterocycles. The fourth-order valence-electron chi connectivity index (χ4n) is 2.12. The molecular weight excluding hydrogens is 356 g/mol. The van der Waals surface area contributed by atoms with Crippen molar-refractivity contribution in [3.63, 3.8) is 0 Å². The zero-order valence-corrected chi connectivity index (χ0v) is 16.0. The maximum atomic E-state index is 11.7. The van der Waals surface area contributed by atoms with Crippen LogP contribution in [0.1, 0.15) is 28.6 Å². The van der Waals surface area contributed by atoms with E-state index in [4.69, 9.17) is 21.4 Å². The van der Waals surface area contributed by atoms with Gasteiger partial charge >= 0.3 is 5.97 Å². The Kier molecular flexibility index (Phi) is 7.81. The van der Waals surface area contributed by atoms with Crippen molar-refractivity contribution in [2.75, 3.05) is 24.2 Å². The van der Waals surface area contributed by atoms with Gasteiger partial charge in [0.15, 0.2) is 5.11 Å². The quantitative estimate of drug-likeness (QED) is 0.409. The molecule has 5 nitrogen and oxygen atoms in total. The minimum absolute atomic E-state index is 0.313. The summed E-state index contributed by atoms with van der Waals surface area (Å²) in [6.45, 7) is 4.84. The third-order valence-electron chi connectivity index (χ3n) is 3.34. The van der Waals surface area contributed by atoms with Gasteiger partial charge in [-0.05, 0) is 62.0 Å². The van der Waals surface area contributed by atoms with Crippen LogP contribution in [0.3, 0.4) is 0 Å². The van der Waals surface area contributed by atoms with Gasteiger partial charge in [-0.15, -0.1) is 0 Å². The SMILES string of the molecule is CCOC(=O)c1ccc(NC(=S)NCCSCc2ccco2)c(C)c1. The van der Waals surface area contributed by atoms with Gasteiger partial charge < -0.3 is 19.8 Å². The molecule has 0 spiro atoms. The third-order valence-corrected chi connectivity index (χ3v) is 4.57. The van der Waals surface area contributed by atoms with Crippen molar-refractivity contribution in [1.82, 2.24) is 5.32 Å². The van der Waals surface area contributed by atoms with E-state index in [9.17, 15) is 4.79 Å². The molecule has 2 N–H and O–H groups in total. The standard InChI is InChI=1S/C18H22N2O3S2/c1-3-22-17(21)14-6-7-16(13(2)11-14)20-18(24)19-8-10-25-12-15-5-4-9-23-15/h4-7,9,11H,3,8,10,12H2,1-2H3,(H2,19,20,24). The molecule has 0 bridgehead atoms. The molecule has 7 heteroatoms. The molecule has 0 amide bonds. The highest BCUT2D eigenvalue weighted by atomic mass is 32.2. The Hall–Kier alpha value is -1.99. The first-order valence-corrected chi connectivity index (χ1v) is 9.59. The Labute approximate surface area is 157 Å². The average molecular weight is 379 g/mol. The number of carbonyl (C=O) groups excluding carboxylic acids is 1. The van der Waals surface area contributed by atoms with E-state index in [0.29, 0.717) is 17.3 Å². The highest BCUT2D eigenvalue weighted by molar-refractivity contribution is 7.98. The van der Waals surface area contributed by atoms with E-state index in [1.54, 1.807) is 37.1 Å². The average Bonchev–Trinajstić information content (AvgIpc) is 3.10. The first-order chi connectivity index (χ1) is 12.1. The van der Waals surface area contributed by atoms with Crippen LogP contribution in [-0.4, -0.2) is 30.0 Å². The molecule has 0 radical (unpaired) electrons. The number of ether oxygens (including phenoxy) is 1. The van der Waals surface area contributed by atoms with E-state index in [1.807, 2.05) is 25.1 Å². The lowest BCUT2D eigenvalue weighted by Crippen LogP contribution is -2.30. The number of thioether (sulfide) groups is 1. The van der Waals surface area contributed by atoms with Gasteiger partial charge in [-0.2, -0.15) is 11.8 Å². The highest BCUT2D eigenvalue weighted by Gasteiger charge is 2.09. The molecule has 0 unspecified atom stereocenters. The number of hydrogen-bond donors (Lipinski definition) is 2. The summed E-state index contributed by atoms with van der Waals surface area (Å²) in [6, 6.07) is 9.22. The van der Waals surface area contributed by atoms with Crippen LogP contribution >= 0.6 is 24.0 Å². The van der Waals surface area contributed by atoms with E-state index >= 15 is 0 Å². The number of nitrogens with one attached hydrogen (secondary N) is 2. The number of anilines is 1. The molecule has 0 atom stereocenters. The minimum atomic E-state index is -0.313. The maximum Gasteiger partial charge on any atom is 0.338 e. The second kappa shape index (κ2) is 10.1. The Morgan fingerprint density at radius 1 is 1.36 bits per heavy atom. The van der Waals surface area contributed by atoms with Crippen LogP contribution in [0.15, 0.2) is 41.0 Å². The van der Waals surface area contributed by atoms with Crippen LogP contribution < -0.4 is 10.6 Å². The normalized spacial score (nSPS) is 10.3. The number of thiocarbonyl (C=S) groups is 1. The summed E-state index contributed by atoms with van der Waals surface area (Å²) in [5, 5.41) is 6.89. The first-order valence-electron chi connectivity index (χ1n) is 8.03. The Balaban J connectivity index is 1.73. The minimum Gasteiger partial charge on any atom is -0.468 e. The zero-order valence-electron chi connectivity index (χ0n) is 14.3. The number of esters is 1. The van der Waals surface area contributed by atoms with Crippen LogP contribution in [0.25, 0.3) is 0 Å². The van der Waals surface area contributed by atoms with E-state index in [2.05, 4.69) is 10.6 Å². The fraction of sp³-hybridized carbons (Fsp3) is 0.333. The molecule has 25 heavy (non-hydrogen) atoms. The first kappa shape index (κ1) is 19.3. The van der Waals surface area contributed by atoms with Crippen molar-refractivity contribution in [3.8, 4) is 0 Å². The lowest BCUT2D eigenvalue weighted by molar-refractivity contribution is 0.0526. The highest BCUT2D eigenvalue weighted by Crippen LogP contribution is 2.17. The van der Waals surface area contributed by atoms with Crippen LogP contribution in [0, 0.1) is 6.92 Å². The van der Waals surface area contributed by atoms with Gasteiger partial charge in [-0.25, -0.2) is 4.79 Å². The van der Waals surface area contributed by atoms with Crippen LogP contribution in [0.5, 0.6) is 0 Å². The largest absolute Gasteiger partial charge is 0.468 e. The molecular formula is C18H22N2O3S2. The number of furan rings is 1. The van der Waals surface area contributed by atoms with Gasteiger partial charge in [0.1, 0.15) is 5.76 Å². The monoisotopic (exact) mass is 378 g/mol. The van der Waals surface area contributed by atoms with Crippen molar-refractivity contribution in [1.29, 1.82) is 0 Å². The van der Waals surface area contributed by atoms with E-state index in [-0.39, 0.29) is 5.97 Å². The lowest BCUT2D eigenvalue weighted by Gasteiger charge is -2.13. The molecule has 2 rings (SSSR count). The van der Waals surface area contributed by atoms with Gasteiger partial charge in [-0.1, -0.05) is 0 Å². The van der Waals surface area contributed by atoms with E-state index in [1.165, 1.54) is 0 Å². The molecule has 1 aromatic carbocycles. The predicted molar refractivity (Wildman–Crippen MR) is 106 cm³/mol. The molecule has 1 heterocycles. The molecule has 1 aromatic heterocycles. The summed E-state index contributed by atoms with van der Waals surface area (Å²) in [7, 11) is 0. The van der Waals surface area contributed by atoms with Crippen molar-refractivity contribution in [2.45, 2.75) is 19.6 Å². The number of aryl methyl sites for hydroxylation is 1. The molecule has 0 saturated heterocycles. The molecule has 2 aromatic rings. The molecule has 0 saturated carbocycles. The van der Waals surface area contributed by atoms with Crippen molar-refractivity contribution < 1.29 is 13.9 Å². The fourth-order valence-corrected chi connectivity index (χ4v) is 3.08. The van der Waals surface area contributed by atoms with Gasteiger partial charge in [0.25, 0.3) is 0 Å². The molecule has 0 aliphatic carbocycles. The second-order valence-electron chi connectivity index (χ2n) is 5.26.